The van der Waals surface area contributed by atoms with Gasteiger partial charge in [0.25, 0.3) is 5.91 Å². The topological polar surface area (TPSA) is 38.8 Å². The minimum Gasteiger partial charge on any atom is -0.454 e. The van der Waals surface area contributed by atoms with Gasteiger partial charge in [-0.1, -0.05) is 0 Å². The maximum Gasteiger partial charge on any atom is 0.255 e. The molecule has 6 heteroatoms. The Kier molecular flexibility index (Phi) is 3.50. The molecule has 2 aromatic rings. The zero-order valence-corrected chi connectivity index (χ0v) is 13.7. The van der Waals surface area contributed by atoms with Crippen molar-refractivity contribution in [2.24, 2.45) is 0 Å². The molecule has 114 valence electrons. The third kappa shape index (κ3) is 2.36. The molecule has 4 rings (SSSR count). The molecule has 4 nitrogen and oxygen atoms in total. The molecule has 0 radical (unpaired) electrons. The molecule has 0 spiro atoms. The van der Waals surface area contributed by atoms with Gasteiger partial charge in [-0.3, -0.25) is 4.79 Å². The van der Waals surface area contributed by atoms with E-state index in [1.165, 1.54) is 9.75 Å². The second-order valence-electron chi connectivity index (χ2n) is 5.24. The number of carbonyl (C=O) groups is 1. The number of ether oxygens (including phenoxy) is 2. The minimum absolute atomic E-state index is 0.0550. The van der Waals surface area contributed by atoms with Crippen LogP contribution < -0.4 is 9.47 Å². The van der Waals surface area contributed by atoms with E-state index in [1.54, 1.807) is 17.4 Å². The Balaban J connectivity index is 1.61. The van der Waals surface area contributed by atoms with Crippen molar-refractivity contribution >= 4 is 29.0 Å². The summed E-state index contributed by atoms with van der Waals surface area (Å²) in [5.74, 6) is 2.39. The minimum atomic E-state index is 0.0550. The quantitative estimate of drug-likeness (QED) is 0.840. The van der Waals surface area contributed by atoms with Crippen molar-refractivity contribution in [3.05, 3.63) is 45.6 Å². The third-order valence-corrected chi connectivity index (χ3v) is 6.22. The average Bonchev–Trinajstić information content (AvgIpc) is 3.25. The molecule has 1 aromatic heterocycles. The van der Waals surface area contributed by atoms with Gasteiger partial charge in [-0.05, 0) is 37.3 Å². The van der Waals surface area contributed by atoms with Gasteiger partial charge in [0.05, 0.1) is 0 Å². The van der Waals surface area contributed by atoms with Crippen molar-refractivity contribution in [1.82, 2.24) is 4.90 Å². The van der Waals surface area contributed by atoms with Crippen molar-refractivity contribution in [3.63, 3.8) is 0 Å². The SMILES string of the molecule is Cc1ccc([C@@H]2SCCN2C(=O)c2ccc3c(c2)OCO3)s1. The van der Waals surface area contributed by atoms with Gasteiger partial charge >= 0.3 is 0 Å². The molecule has 0 unspecified atom stereocenters. The smallest absolute Gasteiger partial charge is 0.255 e. The zero-order chi connectivity index (χ0) is 15.1. The van der Waals surface area contributed by atoms with Crippen LogP contribution in [0.3, 0.4) is 0 Å². The van der Waals surface area contributed by atoms with E-state index >= 15 is 0 Å². The molecule has 1 saturated heterocycles. The highest BCUT2D eigenvalue weighted by Gasteiger charge is 2.32. The lowest BCUT2D eigenvalue weighted by molar-refractivity contribution is 0.0761. The van der Waals surface area contributed by atoms with E-state index in [9.17, 15) is 4.79 Å². The lowest BCUT2D eigenvalue weighted by atomic mass is 10.1. The van der Waals surface area contributed by atoms with Gasteiger partial charge in [-0.2, -0.15) is 0 Å². The highest BCUT2D eigenvalue weighted by molar-refractivity contribution is 7.99. The van der Waals surface area contributed by atoms with Crippen LogP contribution in [-0.2, 0) is 0 Å². The molecule has 1 fully saturated rings. The van der Waals surface area contributed by atoms with Gasteiger partial charge in [0.2, 0.25) is 6.79 Å². The number of carbonyl (C=O) groups excluding carboxylic acids is 1. The van der Waals surface area contributed by atoms with Crippen molar-refractivity contribution in [2.45, 2.75) is 12.3 Å². The summed E-state index contributed by atoms with van der Waals surface area (Å²) < 4.78 is 10.7. The molecular formula is C16H15NO3S2. The van der Waals surface area contributed by atoms with Gasteiger partial charge < -0.3 is 14.4 Å². The van der Waals surface area contributed by atoms with Crippen LogP contribution in [0.25, 0.3) is 0 Å². The van der Waals surface area contributed by atoms with Gasteiger partial charge in [-0.25, -0.2) is 0 Å². The van der Waals surface area contributed by atoms with Crippen molar-refractivity contribution in [1.29, 1.82) is 0 Å². The second kappa shape index (κ2) is 5.52. The van der Waals surface area contributed by atoms with E-state index in [4.69, 9.17) is 9.47 Å². The van der Waals surface area contributed by atoms with Gasteiger partial charge in [0, 0.05) is 27.6 Å². The molecule has 0 aliphatic carbocycles. The van der Waals surface area contributed by atoms with Crippen LogP contribution in [0.5, 0.6) is 11.5 Å². The number of benzene rings is 1. The van der Waals surface area contributed by atoms with Crippen molar-refractivity contribution in [2.75, 3.05) is 19.1 Å². The Morgan fingerprint density at radius 2 is 2.09 bits per heavy atom. The molecule has 22 heavy (non-hydrogen) atoms. The summed E-state index contributed by atoms with van der Waals surface area (Å²) in [7, 11) is 0. The number of rotatable bonds is 2. The second-order valence-corrected chi connectivity index (χ2v) is 7.75. The molecule has 0 bridgehead atoms. The number of thioether (sulfide) groups is 1. The summed E-state index contributed by atoms with van der Waals surface area (Å²) >= 11 is 3.59. The Hall–Kier alpha value is -1.66. The lowest BCUT2D eigenvalue weighted by Gasteiger charge is -2.23. The molecular weight excluding hydrogens is 318 g/mol. The van der Waals surface area contributed by atoms with Crippen LogP contribution >= 0.6 is 23.1 Å². The number of aryl methyl sites for hydroxylation is 1. The Labute approximate surface area is 137 Å². The highest BCUT2D eigenvalue weighted by Crippen LogP contribution is 2.42. The first kappa shape index (κ1) is 14.0. The number of amides is 1. The van der Waals surface area contributed by atoms with Crippen LogP contribution in [0, 0.1) is 6.92 Å². The van der Waals surface area contributed by atoms with Crippen LogP contribution in [0.2, 0.25) is 0 Å². The predicted molar refractivity (Wildman–Crippen MR) is 87.9 cm³/mol. The third-order valence-electron chi connectivity index (χ3n) is 3.78. The summed E-state index contributed by atoms with van der Waals surface area (Å²) in [5, 5.41) is 0.122. The molecule has 2 aliphatic rings. The number of fused-ring (bicyclic) bond motifs is 1. The van der Waals surface area contributed by atoms with Crippen LogP contribution in [-0.4, -0.2) is 29.9 Å². The highest BCUT2D eigenvalue weighted by atomic mass is 32.2. The molecule has 2 aliphatic heterocycles. The first-order valence-corrected chi connectivity index (χ1v) is 8.97. The zero-order valence-electron chi connectivity index (χ0n) is 12.1. The standard InChI is InChI=1S/C16H15NO3S2/c1-10-2-5-14(22-10)16-17(6-7-21-16)15(18)11-3-4-12-13(8-11)20-9-19-12/h2-5,8,16H,6-7,9H2,1H3/t16-/m0/s1. The van der Waals surface area contributed by atoms with Crippen LogP contribution in [0.15, 0.2) is 30.3 Å². The number of hydrogen-bond donors (Lipinski definition) is 0. The fraction of sp³-hybridized carbons (Fsp3) is 0.312. The van der Waals surface area contributed by atoms with E-state index < -0.39 is 0 Å². The molecule has 0 saturated carbocycles. The number of hydrogen-bond acceptors (Lipinski definition) is 5. The van der Waals surface area contributed by atoms with Crippen molar-refractivity contribution in [3.8, 4) is 11.5 Å². The van der Waals surface area contributed by atoms with E-state index in [0.717, 1.165) is 12.3 Å². The van der Waals surface area contributed by atoms with E-state index in [2.05, 4.69) is 19.1 Å². The summed E-state index contributed by atoms with van der Waals surface area (Å²) in [6, 6.07) is 9.65. The van der Waals surface area contributed by atoms with Gasteiger partial charge in [0.15, 0.2) is 11.5 Å². The predicted octanol–water partition coefficient (Wildman–Crippen LogP) is 3.67. The summed E-state index contributed by atoms with van der Waals surface area (Å²) in [6.07, 6.45) is 0. The Morgan fingerprint density at radius 1 is 1.23 bits per heavy atom. The maximum absolute atomic E-state index is 12.9. The van der Waals surface area contributed by atoms with E-state index in [-0.39, 0.29) is 18.1 Å². The Bertz CT molecular complexity index is 728. The summed E-state index contributed by atoms with van der Waals surface area (Å²) in [5.41, 5.74) is 0.657. The maximum atomic E-state index is 12.9. The van der Waals surface area contributed by atoms with Crippen molar-refractivity contribution < 1.29 is 14.3 Å². The van der Waals surface area contributed by atoms with Crippen LogP contribution in [0.4, 0.5) is 0 Å². The van der Waals surface area contributed by atoms with E-state index in [0.29, 0.717) is 17.1 Å². The number of nitrogens with zero attached hydrogens (tertiary/aromatic N) is 1. The number of thiophene rings is 1. The van der Waals surface area contributed by atoms with Crippen LogP contribution in [0.1, 0.15) is 25.5 Å². The molecule has 1 amide bonds. The average molecular weight is 333 g/mol. The Morgan fingerprint density at radius 3 is 2.91 bits per heavy atom. The van der Waals surface area contributed by atoms with Gasteiger partial charge in [0.1, 0.15) is 5.37 Å². The molecule has 3 heterocycles. The summed E-state index contributed by atoms with van der Waals surface area (Å²) in [4.78, 5) is 17.3. The fourth-order valence-corrected chi connectivity index (χ4v) is 5.06. The first-order chi connectivity index (χ1) is 10.7. The monoisotopic (exact) mass is 333 g/mol. The fourth-order valence-electron chi connectivity index (χ4n) is 2.70. The van der Waals surface area contributed by atoms with Gasteiger partial charge in [-0.15, -0.1) is 23.1 Å². The summed E-state index contributed by atoms with van der Waals surface area (Å²) in [6.45, 7) is 3.10. The normalized spacial score (nSPS) is 19.7. The van der Waals surface area contributed by atoms with E-state index in [1.807, 2.05) is 28.8 Å². The lowest BCUT2D eigenvalue weighted by Crippen LogP contribution is -2.30. The first-order valence-electron chi connectivity index (χ1n) is 7.11. The molecule has 0 N–H and O–H groups in total. The largest absolute Gasteiger partial charge is 0.454 e. The molecule has 1 aromatic carbocycles. The molecule has 1 atom stereocenters.